The third-order valence-electron chi connectivity index (χ3n) is 1.91. The highest BCUT2D eigenvalue weighted by Gasteiger charge is 2.08. The van der Waals surface area contributed by atoms with E-state index in [2.05, 4.69) is 0 Å². The van der Waals surface area contributed by atoms with E-state index < -0.39 is 10.8 Å². The first-order valence-electron chi connectivity index (χ1n) is 4.67. The van der Waals surface area contributed by atoms with Crippen LogP contribution >= 0.6 is 0 Å². The maximum atomic E-state index is 10.6. The van der Waals surface area contributed by atoms with Crippen molar-refractivity contribution in [2.45, 2.75) is 6.42 Å². The molecule has 1 aromatic rings. The van der Waals surface area contributed by atoms with Gasteiger partial charge in [0.2, 0.25) is 5.91 Å². The van der Waals surface area contributed by atoms with Gasteiger partial charge in [0, 0.05) is 18.6 Å². The van der Waals surface area contributed by atoms with Crippen LogP contribution in [0.1, 0.15) is 17.5 Å². The molecule has 0 aliphatic carbocycles. The molecule has 0 aromatic heterocycles. The molecule has 6 nitrogen and oxygen atoms in total. The third kappa shape index (κ3) is 3.76. The fourth-order valence-corrected chi connectivity index (χ4v) is 1.21. The Morgan fingerprint density at radius 3 is 2.76 bits per heavy atom. The second-order valence-corrected chi connectivity index (χ2v) is 3.25. The molecule has 0 spiro atoms. The van der Waals surface area contributed by atoms with Crippen LogP contribution in [0.3, 0.4) is 0 Å². The van der Waals surface area contributed by atoms with Crippen LogP contribution in [0.15, 0.2) is 24.3 Å². The van der Waals surface area contributed by atoms with Crippen molar-refractivity contribution in [1.29, 1.82) is 5.26 Å². The molecule has 86 valence electrons. The number of benzene rings is 1. The Bertz CT molecular complexity index is 529. The highest BCUT2D eigenvalue weighted by molar-refractivity contribution is 5.76. The first-order chi connectivity index (χ1) is 8.02. The van der Waals surface area contributed by atoms with E-state index in [1.165, 1.54) is 30.4 Å². The summed E-state index contributed by atoms with van der Waals surface area (Å²) in [7, 11) is 0. The minimum absolute atomic E-state index is 0.0462. The molecule has 17 heavy (non-hydrogen) atoms. The van der Waals surface area contributed by atoms with Crippen molar-refractivity contribution < 1.29 is 9.72 Å². The van der Waals surface area contributed by atoms with Gasteiger partial charge < -0.3 is 5.73 Å². The predicted molar refractivity (Wildman–Crippen MR) is 60.7 cm³/mol. The fraction of sp³-hybridized carbons (Fsp3) is 0.0909. The average molecular weight is 231 g/mol. The number of hydrogen-bond donors (Lipinski definition) is 1. The lowest BCUT2D eigenvalue weighted by Gasteiger charge is -1.96. The molecule has 0 aliphatic rings. The molecule has 1 aromatic carbocycles. The molecule has 0 unspecified atom stereocenters. The molecule has 0 aliphatic heterocycles. The van der Waals surface area contributed by atoms with Crippen molar-refractivity contribution in [2.24, 2.45) is 5.73 Å². The van der Waals surface area contributed by atoms with Gasteiger partial charge in [-0.3, -0.25) is 14.9 Å². The minimum atomic E-state index is -0.577. The summed E-state index contributed by atoms with van der Waals surface area (Å²) >= 11 is 0. The zero-order valence-corrected chi connectivity index (χ0v) is 8.79. The number of primary amides is 1. The topological polar surface area (TPSA) is 110 Å². The summed E-state index contributed by atoms with van der Waals surface area (Å²) in [6.07, 6.45) is 3.05. The number of rotatable bonds is 4. The number of nitrogens with two attached hydrogens (primary N) is 1. The molecular weight excluding hydrogens is 222 g/mol. The summed E-state index contributed by atoms with van der Waals surface area (Å²) in [5.74, 6) is -0.493. The van der Waals surface area contributed by atoms with Gasteiger partial charge in [0.1, 0.15) is 0 Å². The molecule has 0 atom stereocenters. The molecule has 0 radical (unpaired) electrons. The van der Waals surface area contributed by atoms with Gasteiger partial charge in [-0.2, -0.15) is 5.26 Å². The average Bonchev–Trinajstić information content (AvgIpc) is 2.28. The quantitative estimate of drug-likeness (QED) is 0.622. The molecule has 0 saturated carbocycles. The van der Waals surface area contributed by atoms with Crippen molar-refractivity contribution in [3.05, 3.63) is 45.5 Å². The Kier molecular flexibility index (Phi) is 3.95. The van der Waals surface area contributed by atoms with E-state index >= 15 is 0 Å². The summed E-state index contributed by atoms with van der Waals surface area (Å²) in [4.78, 5) is 20.5. The zero-order valence-electron chi connectivity index (χ0n) is 8.79. The highest BCUT2D eigenvalue weighted by atomic mass is 16.6. The number of nitro groups is 1. The van der Waals surface area contributed by atoms with Crippen LogP contribution in [0.2, 0.25) is 0 Å². The Labute approximate surface area is 97.1 Å². The molecule has 2 N–H and O–H groups in total. The molecule has 0 fully saturated rings. The van der Waals surface area contributed by atoms with Crippen molar-refractivity contribution in [3.8, 4) is 6.07 Å². The van der Waals surface area contributed by atoms with E-state index in [4.69, 9.17) is 11.0 Å². The maximum absolute atomic E-state index is 10.6. The lowest BCUT2D eigenvalue weighted by atomic mass is 10.1. The van der Waals surface area contributed by atoms with Crippen LogP contribution < -0.4 is 5.73 Å². The van der Waals surface area contributed by atoms with Crippen molar-refractivity contribution >= 4 is 17.7 Å². The van der Waals surface area contributed by atoms with E-state index in [-0.39, 0.29) is 17.7 Å². The van der Waals surface area contributed by atoms with Gasteiger partial charge >= 0.3 is 0 Å². The van der Waals surface area contributed by atoms with E-state index in [1.807, 2.05) is 6.07 Å². The van der Waals surface area contributed by atoms with Gasteiger partial charge in [-0.25, -0.2) is 0 Å². The first-order valence-corrected chi connectivity index (χ1v) is 4.67. The molecule has 6 heteroatoms. The molecule has 1 rings (SSSR count). The number of carbonyl (C=O) groups is 1. The van der Waals surface area contributed by atoms with Crippen molar-refractivity contribution in [3.63, 3.8) is 0 Å². The van der Waals surface area contributed by atoms with Gasteiger partial charge in [-0.15, -0.1) is 0 Å². The van der Waals surface area contributed by atoms with Gasteiger partial charge in [-0.05, 0) is 11.6 Å². The van der Waals surface area contributed by atoms with E-state index in [1.54, 1.807) is 0 Å². The van der Waals surface area contributed by atoms with Gasteiger partial charge in [0.05, 0.1) is 16.6 Å². The van der Waals surface area contributed by atoms with Crippen LogP contribution in [-0.4, -0.2) is 10.8 Å². The van der Waals surface area contributed by atoms with Crippen LogP contribution in [0.5, 0.6) is 0 Å². The number of nitrogens with zero attached hydrogens (tertiary/aromatic N) is 2. The monoisotopic (exact) mass is 231 g/mol. The van der Waals surface area contributed by atoms with Crippen LogP contribution in [0, 0.1) is 21.4 Å². The Hall–Kier alpha value is -2.68. The Morgan fingerprint density at radius 2 is 2.24 bits per heavy atom. The largest absolute Gasteiger partial charge is 0.369 e. The third-order valence-corrected chi connectivity index (χ3v) is 1.91. The number of nitro benzene ring substituents is 1. The normalized spacial score (nSPS) is 10.1. The standard InChI is InChI=1S/C11H9N3O3/c12-7-9-4-8(2-1-3-11(13)15)5-10(6-9)14(16)17/h1-2,4-6H,3H2,(H2,13,15). The van der Waals surface area contributed by atoms with Gasteiger partial charge in [0.25, 0.3) is 5.69 Å². The molecule has 1 amide bonds. The second kappa shape index (κ2) is 5.42. The van der Waals surface area contributed by atoms with Crippen molar-refractivity contribution in [2.75, 3.05) is 0 Å². The summed E-state index contributed by atoms with van der Waals surface area (Å²) in [6.45, 7) is 0. The number of hydrogen-bond acceptors (Lipinski definition) is 4. The van der Waals surface area contributed by atoms with E-state index in [0.29, 0.717) is 5.56 Å². The van der Waals surface area contributed by atoms with Gasteiger partial charge in [-0.1, -0.05) is 12.2 Å². The number of carbonyl (C=O) groups excluding carboxylic acids is 1. The SMILES string of the molecule is N#Cc1cc(C=CCC(N)=O)cc([N+](=O)[O-])c1. The molecule has 0 bridgehead atoms. The summed E-state index contributed by atoms with van der Waals surface area (Å²) < 4.78 is 0. The fourth-order valence-electron chi connectivity index (χ4n) is 1.21. The smallest absolute Gasteiger partial charge is 0.271 e. The summed E-state index contributed by atoms with van der Waals surface area (Å²) in [6, 6.07) is 5.83. The molecule has 0 heterocycles. The maximum Gasteiger partial charge on any atom is 0.271 e. The van der Waals surface area contributed by atoms with E-state index in [9.17, 15) is 14.9 Å². The highest BCUT2D eigenvalue weighted by Crippen LogP contribution is 2.17. The van der Waals surface area contributed by atoms with Crippen LogP contribution in [0.25, 0.3) is 6.08 Å². The predicted octanol–water partition coefficient (Wildman–Crippen LogP) is 1.36. The van der Waals surface area contributed by atoms with Gasteiger partial charge in [0.15, 0.2) is 0 Å². The summed E-state index contributed by atoms with van der Waals surface area (Å²) in [5.41, 5.74) is 5.45. The molecular formula is C11H9N3O3. The summed E-state index contributed by atoms with van der Waals surface area (Å²) in [5, 5.41) is 19.3. The lowest BCUT2D eigenvalue weighted by Crippen LogP contribution is -2.07. The number of amides is 1. The molecule has 0 saturated heterocycles. The number of non-ortho nitro benzene ring substituents is 1. The van der Waals surface area contributed by atoms with E-state index in [0.717, 1.165) is 0 Å². The Morgan fingerprint density at radius 1 is 1.53 bits per heavy atom. The zero-order chi connectivity index (χ0) is 12.8. The number of nitriles is 1. The van der Waals surface area contributed by atoms with Crippen LogP contribution in [-0.2, 0) is 4.79 Å². The minimum Gasteiger partial charge on any atom is -0.369 e. The second-order valence-electron chi connectivity index (χ2n) is 3.25. The van der Waals surface area contributed by atoms with Crippen molar-refractivity contribution in [1.82, 2.24) is 0 Å². The van der Waals surface area contributed by atoms with Crippen LogP contribution in [0.4, 0.5) is 5.69 Å². The Balaban J connectivity index is 3.04. The lowest BCUT2D eigenvalue weighted by molar-refractivity contribution is -0.384. The first kappa shape index (κ1) is 12.4.